The van der Waals surface area contributed by atoms with E-state index in [4.69, 9.17) is 0 Å². The van der Waals surface area contributed by atoms with Crippen LogP contribution in [-0.4, -0.2) is 54.5 Å². The molecule has 29 heavy (non-hydrogen) atoms. The number of benzene rings is 2. The minimum absolute atomic E-state index is 0.191. The standard InChI is InChI=1S/C25H37N3O/c1-3-27(4-2)18-8-7-17-26-25(29)16-19-28(23-14-15-23)20-22-12-9-11-21-10-5-6-13-24(21)22/h5-6,9-13,23H,3-4,7-8,14-20H2,1-2H3,(H,26,29). The molecule has 0 bridgehead atoms. The van der Waals surface area contributed by atoms with Crippen molar-refractivity contribution in [1.82, 2.24) is 15.1 Å². The summed E-state index contributed by atoms with van der Waals surface area (Å²) >= 11 is 0. The molecule has 1 aliphatic carbocycles. The third-order valence-electron chi connectivity index (χ3n) is 6.06. The molecule has 2 aromatic rings. The third-order valence-corrected chi connectivity index (χ3v) is 6.06. The predicted molar refractivity (Wildman–Crippen MR) is 122 cm³/mol. The Hall–Kier alpha value is -1.91. The lowest BCUT2D eigenvalue weighted by Crippen LogP contribution is -2.32. The Morgan fingerprint density at radius 1 is 1.00 bits per heavy atom. The third kappa shape index (κ3) is 6.83. The number of rotatable bonds is 13. The molecule has 0 aliphatic heterocycles. The fourth-order valence-corrected chi connectivity index (χ4v) is 4.04. The number of hydrogen-bond donors (Lipinski definition) is 1. The summed E-state index contributed by atoms with van der Waals surface area (Å²) in [5, 5.41) is 5.74. The van der Waals surface area contributed by atoms with Gasteiger partial charge in [0.25, 0.3) is 0 Å². The van der Waals surface area contributed by atoms with E-state index in [1.54, 1.807) is 0 Å². The number of fused-ring (bicyclic) bond motifs is 1. The Labute approximate surface area is 176 Å². The average Bonchev–Trinajstić information content (AvgIpc) is 3.59. The number of unbranched alkanes of at least 4 members (excludes halogenated alkanes) is 1. The van der Waals surface area contributed by atoms with Crippen LogP contribution in [0.15, 0.2) is 42.5 Å². The van der Waals surface area contributed by atoms with Gasteiger partial charge in [-0.1, -0.05) is 56.3 Å². The summed E-state index contributed by atoms with van der Waals surface area (Å²) in [5.41, 5.74) is 1.37. The molecule has 0 aromatic heterocycles. The molecule has 4 nitrogen and oxygen atoms in total. The number of carbonyl (C=O) groups excluding carboxylic acids is 1. The first-order valence-electron chi connectivity index (χ1n) is 11.4. The molecule has 1 amide bonds. The number of hydrogen-bond acceptors (Lipinski definition) is 3. The van der Waals surface area contributed by atoms with Crippen LogP contribution in [0.2, 0.25) is 0 Å². The largest absolute Gasteiger partial charge is 0.356 e. The average molecular weight is 396 g/mol. The molecule has 0 heterocycles. The van der Waals surface area contributed by atoms with Crippen molar-refractivity contribution in [3.63, 3.8) is 0 Å². The van der Waals surface area contributed by atoms with E-state index in [1.807, 2.05) is 0 Å². The normalized spacial score (nSPS) is 14.1. The summed E-state index contributed by atoms with van der Waals surface area (Å²) in [5.74, 6) is 0.191. The van der Waals surface area contributed by atoms with Crippen LogP contribution in [0.5, 0.6) is 0 Å². The molecule has 1 N–H and O–H groups in total. The van der Waals surface area contributed by atoms with Crippen LogP contribution in [0.1, 0.15) is 51.5 Å². The van der Waals surface area contributed by atoms with Crippen molar-refractivity contribution in [3.05, 3.63) is 48.0 Å². The zero-order valence-electron chi connectivity index (χ0n) is 18.2. The lowest BCUT2D eigenvalue weighted by molar-refractivity contribution is -0.121. The SMILES string of the molecule is CCN(CC)CCCCNC(=O)CCN(Cc1cccc2ccccc12)C1CC1. The first kappa shape index (κ1) is 21.8. The van der Waals surface area contributed by atoms with Gasteiger partial charge in [0, 0.05) is 32.1 Å². The van der Waals surface area contributed by atoms with E-state index < -0.39 is 0 Å². The van der Waals surface area contributed by atoms with Crippen molar-refractivity contribution in [2.75, 3.05) is 32.7 Å². The Kier molecular flexibility index (Phi) is 8.51. The van der Waals surface area contributed by atoms with Crippen LogP contribution in [0.3, 0.4) is 0 Å². The van der Waals surface area contributed by atoms with Gasteiger partial charge in [0.15, 0.2) is 0 Å². The fraction of sp³-hybridized carbons (Fsp3) is 0.560. The van der Waals surface area contributed by atoms with Gasteiger partial charge in [0.2, 0.25) is 5.91 Å². The van der Waals surface area contributed by atoms with Gasteiger partial charge in [-0.25, -0.2) is 0 Å². The molecule has 0 saturated heterocycles. The summed E-state index contributed by atoms with van der Waals surface area (Å²) in [4.78, 5) is 17.3. The van der Waals surface area contributed by atoms with Crippen molar-refractivity contribution in [1.29, 1.82) is 0 Å². The highest BCUT2D eigenvalue weighted by atomic mass is 16.1. The lowest BCUT2D eigenvalue weighted by atomic mass is 10.0. The summed E-state index contributed by atoms with van der Waals surface area (Å²) < 4.78 is 0. The van der Waals surface area contributed by atoms with Crippen molar-refractivity contribution in [3.8, 4) is 0 Å². The van der Waals surface area contributed by atoms with Crippen LogP contribution < -0.4 is 5.32 Å². The van der Waals surface area contributed by atoms with Crippen LogP contribution in [-0.2, 0) is 11.3 Å². The molecule has 0 atom stereocenters. The van der Waals surface area contributed by atoms with Gasteiger partial charge in [-0.3, -0.25) is 9.69 Å². The molecular weight excluding hydrogens is 358 g/mol. The van der Waals surface area contributed by atoms with Crippen LogP contribution in [0, 0.1) is 0 Å². The number of amides is 1. The van der Waals surface area contributed by atoms with Crippen molar-refractivity contribution >= 4 is 16.7 Å². The van der Waals surface area contributed by atoms with Gasteiger partial charge in [0.1, 0.15) is 0 Å². The number of nitrogens with one attached hydrogen (secondary N) is 1. The highest BCUT2D eigenvalue weighted by molar-refractivity contribution is 5.85. The van der Waals surface area contributed by atoms with Gasteiger partial charge < -0.3 is 10.2 Å². The topological polar surface area (TPSA) is 35.6 Å². The molecular formula is C25H37N3O. The van der Waals surface area contributed by atoms with Gasteiger partial charge in [0.05, 0.1) is 0 Å². The Morgan fingerprint density at radius 3 is 2.52 bits per heavy atom. The lowest BCUT2D eigenvalue weighted by Gasteiger charge is -2.23. The van der Waals surface area contributed by atoms with Crippen LogP contribution in [0.4, 0.5) is 0 Å². The summed E-state index contributed by atoms with van der Waals surface area (Å²) in [7, 11) is 0. The summed E-state index contributed by atoms with van der Waals surface area (Å²) in [6.45, 7) is 10.3. The fourth-order valence-electron chi connectivity index (χ4n) is 4.04. The van der Waals surface area contributed by atoms with Gasteiger partial charge in [-0.05, 0) is 61.7 Å². The first-order valence-corrected chi connectivity index (χ1v) is 11.4. The smallest absolute Gasteiger partial charge is 0.221 e. The second kappa shape index (κ2) is 11.3. The minimum Gasteiger partial charge on any atom is -0.356 e. The second-order valence-corrected chi connectivity index (χ2v) is 8.17. The highest BCUT2D eigenvalue weighted by Gasteiger charge is 2.29. The van der Waals surface area contributed by atoms with E-state index in [0.717, 1.165) is 52.1 Å². The van der Waals surface area contributed by atoms with Crippen LogP contribution >= 0.6 is 0 Å². The minimum atomic E-state index is 0.191. The van der Waals surface area contributed by atoms with Crippen molar-refractivity contribution < 1.29 is 4.79 Å². The Balaban J connectivity index is 1.42. The highest BCUT2D eigenvalue weighted by Crippen LogP contribution is 2.30. The summed E-state index contributed by atoms with van der Waals surface area (Å²) in [6, 6.07) is 15.8. The van der Waals surface area contributed by atoms with Gasteiger partial charge in [-0.2, -0.15) is 0 Å². The molecule has 3 rings (SSSR count). The van der Waals surface area contributed by atoms with E-state index in [9.17, 15) is 4.79 Å². The molecule has 0 unspecified atom stereocenters. The number of nitrogens with zero attached hydrogens (tertiary/aromatic N) is 2. The maximum atomic E-state index is 12.3. The Morgan fingerprint density at radius 2 is 1.76 bits per heavy atom. The molecule has 158 valence electrons. The zero-order valence-corrected chi connectivity index (χ0v) is 18.2. The zero-order chi connectivity index (χ0) is 20.5. The first-order chi connectivity index (χ1) is 14.2. The molecule has 2 aromatic carbocycles. The van der Waals surface area contributed by atoms with Crippen LogP contribution in [0.25, 0.3) is 10.8 Å². The Bertz CT molecular complexity index is 762. The molecule has 1 fully saturated rings. The van der Waals surface area contributed by atoms with Gasteiger partial charge >= 0.3 is 0 Å². The van der Waals surface area contributed by atoms with E-state index in [0.29, 0.717) is 12.5 Å². The molecule has 0 radical (unpaired) electrons. The molecule has 1 saturated carbocycles. The monoisotopic (exact) mass is 395 g/mol. The predicted octanol–water partition coefficient (Wildman–Crippen LogP) is 4.43. The van der Waals surface area contributed by atoms with E-state index in [2.05, 4.69) is 71.4 Å². The molecule has 4 heteroatoms. The maximum Gasteiger partial charge on any atom is 0.221 e. The maximum absolute atomic E-state index is 12.3. The van der Waals surface area contributed by atoms with E-state index in [-0.39, 0.29) is 5.91 Å². The number of carbonyl (C=O) groups is 1. The quantitative estimate of drug-likeness (QED) is 0.510. The molecule has 1 aliphatic rings. The van der Waals surface area contributed by atoms with E-state index >= 15 is 0 Å². The molecule has 0 spiro atoms. The second-order valence-electron chi connectivity index (χ2n) is 8.17. The van der Waals surface area contributed by atoms with Crippen molar-refractivity contribution in [2.24, 2.45) is 0 Å². The van der Waals surface area contributed by atoms with E-state index in [1.165, 1.54) is 29.2 Å². The summed E-state index contributed by atoms with van der Waals surface area (Å²) in [6.07, 6.45) is 5.33. The van der Waals surface area contributed by atoms with Crippen molar-refractivity contribution in [2.45, 2.75) is 58.5 Å². The van der Waals surface area contributed by atoms with Gasteiger partial charge in [-0.15, -0.1) is 0 Å².